The summed E-state index contributed by atoms with van der Waals surface area (Å²) >= 11 is 5.83. The smallest absolute Gasteiger partial charge is 0.243 e. The van der Waals surface area contributed by atoms with Crippen LogP contribution in [-0.2, 0) is 14.8 Å². The lowest BCUT2D eigenvalue weighted by atomic mass is 10.2. The molecule has 1 unspecified atom stereocenters. The van der Waals surface area contributed by atoms with Gasteiger partial charge in [-0.1, -0.05) is 11.6 Å². The summed E-state index contributed by atoms with van der Waals surface area (Å²) < 4.78 is 53.0. The fourth-order valence-electron chi connectivity index (χ4n) is 3.06. The van der Waals surface area contributed by atoms with E-state index in [9.17, 15) is 22.0 Å². The number of piperazine rings is 1. The fourth-order valence-corrected chi connectivity index (χ4v) is 4.62. The fraction of sp³-hybridized carbons (Fsp3) is 0.316. The minimum Gasteiger partial charge on any atom is -0.325 e. The maximum absolute atomic E-state index is 13.4. The van der Waals surface area contributed by atoms with Gasteiger partial charge >= 0.3 is 0 Å². The van der Waals surface area contributed by atoms with Crippen LogP contribution in [0.25, 0.3) is 0 Å². The van der Waals surface area contributed by atoms with Crippen LogP contribution in [0, 0.1) is 11.6 Å². The van der Waals surface area contributed by atoms with Gasteiger partial charge in [-0.25, -0.2) is 17.2 Å². The Hall–Kier alpha value is -2.07. The molecular formula is C19H20ClF2N3O3S. The van der Waals surface area contributed by atoms with E-state index in [0.29, 0.717) is 29.9 Å². The first-order valence-corrected chi connectivity index (χ1v) is 10.8. The number of nitrogens with one attached hydrogen (secondary N) is 1. The summed E-state index contributed by atoms with van der Waals surface area (Å²) in [6.07, 6.45) is 0. The van der Waals surface area contributed by atoms with Crippen molar-refractivity contribution in [3.05, 3.63) is 59.1 Å². The van der Waals surface area contributed by atoms with Gasteiger partial charge in [0.1, 0.15) is 0 Å². The molecule has 2 aromatic carbocycles. The Labute approximate surface area is 173 Å². The molecule has 29 heavy (non-hydrogen) atoms. The highest BCUT2D eigenvalue weighted by atomic mass is 35.5. The number of nitrogens with zero attached hydrogens (tertiary/aromatic N) is 2. The third-order valence-corrected chi connectivity index (χ3v) is 6.99. The normalized spacial score (nSPS) is 17.1. The molecule has 2 aromatic rings. The Balaban J connectivity index is 1.61. The second kappa shape index (κ2) is 8.74. The van der Waals surface area contributed by atoms with E-state index in [2.05, 4.69) is 5.32 Å². The summed E-state index contributed by atoms with van der Waals surface area (Å²) in [5.74, 6) is -2.53. The molecule has 156 valence electrons. The quantitative estimate of drug-likeness (QED) is 0.771. The zero-order valence-corrected chi connectivity index (χ0v) is 17.2. The number of halogens is 3. The molecule has 3 rings (SSSR count). The lowest BCUT2D eigenvalue weighted by Crippen LogP contribution is -2.53. The number of hydrogen-bond donors (Lipinski definition) is 1. The molecule has 10 heteroatoms. The lowest BCUT2D eigenvalue weighted by molar-refractivity contribution is -0.121. The summed E-state index contributed by atoms with van der Waals surface area (Å²) in [5, 5.41) is 3.36. The molecular weight excluding hydrogens is 424 g/mol. The van der Waals surface area contributed by atoms with E-state index in [0.717, 1.165) is 12.1 Å². The number of anilines is 1. The zero-order valence-electron chi connectivity index (χ0n) is 15.6. The third kappa shape index (κ3) is 4.92. The molecule has 0 aliphatic carbocycles. The van der Waals surface area contributed by atoms with Crippen molar-refractivity contribution in [3.63, 3.8) is 0 Å². The molecule has 1 heterocycles. The van der Waals surface area contributed by atoms with Crippen LogP contribution < -0.4 is 5.32 Å². The standard InChI is InChI=1S/C19H20ClF2N3O3S/c1-13(19(26)23-15-4-2-14(20)3-5-15)24-8-10-25(11-9-24)29(27,28)16-6-7-17(21)18(22)12-16/h2-7,12-13H,8-11H2,1H3,(H,23,26). The SMILES string of the molecule is CC(C(=O)Nc1ccc(Cl)cc1)N1CCN(S(=O)(=O)c2ccc(F)c(F)c2)CC1. The Bertz CT molecular complexity index is 994. The second-order valence-corrected chi connectivity index (χ2v) is 9.06. The van der Waals surface area contributed by atoms with E-state index in [1.54, 1.807) is 31.2 Å². The van der Waals surface area contributed by atoms with Crippen molar-refractivity contribution in [2.45, 2.75) is 17.9 Å². The average Bonchev–Trinajstić information content (AvgIpc) is 2.71. The van der Waals surface area contributed by atoms with Crippen LogP contribution in [0.1, 0.15) is 6.92 Å². The van der Waals surface area contributed by atoms with Gasteiger partial charge in [0, 0.05) is 36.9 Å². The summed E-state index contributed by atoms with van der Waals surface area (Å²) in [6, 6.07) is 8.77. The summed E-state index contributed by atoms with van der Waals surface area (Å²) in [7, 11) is -3.94. The van der Waals surface area contributed by atoms with Gasteiger partial charge in [-0.15, -0.1) is 0 Å². The number of benzene rings is 2. The number of carbonyl (C=O) groups excluding carboxylic acids is 1. The van der Waals surface area contributed by atoms with Crippen molar-refractivity contribution < 1.29 is 22.0 Å². The minimum atomic E-state index is -3.94. The number of amides is 1. The van der Waals surface area contributed by atoms with E-state index >= 15 is 0 Å². The van der Waals surface area contributed by atoms with Gasteiger partial charge in [-0.05, 0) is 49.4 Å². The number of sulfonamides is 1. The summed E-state index contributed by atoms with van der Waals surface area (Å²) in [4.78, 5) is 14.0. The monoisotopic (exact) mass is 443 g/mol. The summed E-state index contributed by atoms with van der Waals surface area (Å²) in [5.41, 5.74) is 0.616. The summed E-state index contributed by atoms with van der Waals surface area (Å²) in [6.45, 7) is 2.68. The van der Waals surface area contributed by atoms with E-state index in [1.807, 2.05) is 4.90 Å². The number of carbonyl (C=O) groups is 1. The van der Waals surface area contributed by atoms with Crippen molar-refractivity contribution in [1.29, 1.82) is 0 Å². The molecule has 1 amide bonds. The molecule has 0 saturated carbocycles. The molecule has 1 saturated heterocycles. The predicted molar refractivity (Wildman–Crippen MR) is 106 cm³/mol. The minimum absolute atomic E-state index is 0.139. The third-order valence-electron chi connectivity index (χ3n) is 4.84. The van der Waals surface area contributed by atoms with Gasteiger partial charge < -0.3 is 5.32 Å². The highest BCUT2D eigenvalue weighted by molar-refractivity contribution is 7.89. The van der Waals surface area contributed by atoms with Crippen molar-refractivity contribution in [2.24, 2.45) is 0 Å². The Morgan fingerprint density at radius 3 is 2.24 bits per heavy atom. The molecule has 0 radical (unpaired) electrons. The first-order valence-electron chi connectivity index (χ1n) is 8.94. The first-order chi connectivity index (χ1) is 13.7. The van der Waals surface area contributed by atoms with Gasteiger partial charge in [-0.2, -0.15) is 4.31 Å². The topological polar surface area (TPSA) is 69.7 Å². The molecule has 0 aromatic heterocycles. The highest BCUT2D eigenvalue weighted by Crippen LogP contribution is 2.21. The Kier molecular flexibility index (Phi) is 6.52. The van der Waals surface area contributed by atoms with Crippen molar-refractivity contribution in [2.75, 3.05) is 31.5 Å². The molecule has 0 bridgehead atoms. The van der Waals surface area contributed by atoms with Crippen molar-refractivity contribution in [1.82, 2.24) is 9.21 Å². The number of rotatable bonds is 5. The van der Waals surface area contributed by atoms with Crippen LogP contribution in [0.5, 0.6) is 0 Å². The predicted octanol–water partition coefficient (Wildman–Crippen LogP) is 2.95. The maximum atomic E-state index is 13.4. The van der Waals surface area contributed by atoms with Crippen LogP contribution in [-0.4, -0.2) is 55.8 Å². The molecule has 1 atom stereocenters. The van der Waals surface area contributed by atoms with Gasteiger partial charge in [0.15, 0.2) is 11.6 Å². The molecule has 6 nitrogen and oxygen atoms in total. The Morgan fingerprint density at radius 1 is 1.03 bits per heavy atom. The van der Waals surface area contributed by atoms with Crippen LogP contribution in [0.15, 0.2) is 47.4 Å². The molecule has 1 N–H and O–H groups in total. The lowest BCUT2D eigenvalue weighted by Gasteiger charge is -2.36. The van der Waals surface area contributed by atoms with Crippen LogP contribution >= 0.6 is 11.6 Å². The van der Waals surface area contributed by atoms with Crippen molar-refractivity contribution >= 4 is 33.2 Å². The largest absolute Gasteiger partial charge is 0.325 e. The Morgan fingerprint density at radius 2 is 1.66 bits per heavy atom. The van der Waals surface area contributed by atoms with Gasteiger partial charge in [0.25, 0.3) is 0 Å². The van der Waals surface area contributed by atoms with Gasteiger partial charge in [-0.3, -0.25) is 9.69 Å². The average molecular weight is 444 g/mol. The highest BCUT2D eigenvalue weighted by Gasteiger charge is 2.32. The zero-order chi connectivity index (χ0) is 21.2. The molecule has 1 fully saturated rings. The van der Waals surface area contributed by atoms with Crippen molar-refractivity contribution in [3.8, 4) is 0 Å². The van der Waals surface area contributed by atoms with Crippen LogP contribution in [0.4, 0.5) is 14.5 Å². The van der Waals surface area contributed by atoms with E-state index in [1.165, 1.54) is 4.31 Å². The van der Waals surface area contributed by atoms with E-state index in [4.69, 9.17) is 11.6 Å². The first kappa shape index (κ1) is 21.6. The van der Waals surface area contributed by atoms with Gasteiger partial charge in [0.05, 0.1) is 10.9 Å². The molecule has 1 aliphatic heterocycles. The second-order valence-electron chi connectivity index (χ2n) is 6.69. The maximum Gasteiger partial charge on any atom is 0.243 e. The van der Waals surface area contributed by atoms with Gasteiger partial charge in [0.2, 0.25) is 15.9 Å². The molecule has 1 aliphatic rings. The number of hydrogen-bond acceptors (Lipinski definition) is 4. The van der Waals surface area contributed by atoms with Crippen LogP contribution in [0.2, 0.25) is 5.02 Å². The molecule has 0 spiro atoms. The van der Waals surface area contributed by atoms with E-state index < -0.39 is 27.7 Å². The van der Waals surface area contributed by atoms with Crippen LogP contribution in [0.3, 0.4) is 0 Å². The van der Waals surface area contributed by atoms with E-state index in [-0.39, 0.29) is 23.9 Å².